The molecule has 1 aliphatic rings. The smallest absolute Gasteiger partial charge is 0.230 e. The number of hydrogen-bond donors (Lipinski definition) is 0. The van der Waals surface area contributed by atoms with Gasteiger partial charge in [0.05, 0.1) is 0 Å². The van der Waals surface area contributed by atoms with Gasteiger partial charge in [0, 0.05) is 16.7 Å². The van der Waals surface area contributed by atoms with Crippen LogP contribution in [0.4, 0.5) is 4.39 Å². The fourth-order valence-corrected chi connectivity index (χ4v) is 3.44. The van der Waals surface area contributed by atoms with Gasteiger partial charge in [-0.05, 0) is 37.8 Å². The third-order valence-electron chi connectivity index (χ3n) is 5.41. The highest BCUT2D eigenvalue weighted by atomic mass is 19.1. The van der Waals surface area contributed by atoms with E-state index in [9.17, 15) is 14.0 Å². The average Bonchev–Trinajstić information content (AvgIpc) is 2.61. The van der Waals surface area contributed by atoms with E-state index in [1.165, 1.54) is 56.4 Å². The second-order valence-electron chi connectivity index (χ2n) is 7.38. The Kier molecular flexibility index (Phi) is 6.45. The second-order valence-corrected chi connectivity index (χ2v) is 7.38. The van der Waals surface area contributed by atoms with Gasteiger partial charge in [-0.1, -0.05) is 45.2 Å². The zero-order valence-electron chi connectivity index (χ0n) is 15.3. The van der Waals surface area contributed by atoms with Crippen LogP contribution in [0.5, 0.6) is 0 Å². The Morgan fingerprint density at radius 3 is 2.60 bits per heavy atom. The first-order chi connectivity index (χ1) is 11.8. The third-order valence-corrected chi connectivity index (χ3v) is 5.41. The van der Waals surface area contributed by atoms with Crippen molar-refractivity contribution in [1.82, 2.24) is 5.01 Å². The maximum absolute atomic E-state index is 13.3. The first kappa shape index (κ1) is 19.3. The summed E-state index contributed by atoms with van der Waals surface area (Å²) in [6, 6.07) is 5.47. The summed E-state index contributed by atoms with van der Waals surface area (Å²) in [5.41, 5.74) is 0.966. The molecule has 0 saturated heterocycles. The molecule has 0 aliphatic heterocycles. The van der Waals surface area contributed by atoms with Crippen LogP contribution in [0.15, 0.2) is 29.4 Å². The maximum atomic E-state index is 13.3. The molecule has 136 valence electrons. The average molecular weight is 346 g/mol. The van der Waals surface area contributed by atoms with Gasteiger partial charge in [0.1, 0.15) is 12.4 Å². The van der Waals surface area contributed by atoms with Crippen LogP contribution in [0.25, 0.3) is 0 Å². The summed E-state index contributed by atoms with van der Waals surface area (Å²) in [7, 11) is 0. The number of carbonyl (C=O) groups excluding carboxylic acids is 2. The summed E-state index contributed by atoms with van der Waals surface area (Å²) < 4.78 is 13.3. The SMILES string of the molecule is C/C(=N/N(C=O)CC(=O)c1cccc(F)c1)C(C)(C)C1CCCCC1. The molecule has 0 unspecified atom stereocenters. The third kappa shape index (κ3) is 4.97. The molecule has 25 heavy (non-hydrogen) atoms. The van der Waals surface area contributed by atoms with Gasteiger partial charge in [-0.25, -0.2) is 9.40 Å². The van der Waals surface area contributed by atoms with Crippen LogP contribution in [0.3, 0.4) is 0 Å². The summed E-state index contributed by atoms with van der Waals surface area (Å²) in [5.74, 6) is -0.266. The zero-order valence-corrected chi connectivity index (χ0v) is 15.3. The minimum absolute atomic E-state index is 0.121. The number of Topliss-reactive ketones (excluding diaryl/α,β-unsaturated/α-hetero) is 1. The van der Waals surface area contributed by atoms with Crippen molar-refractivity contribution in [2.24, 2.45) is 16.4 Å². The minimum Gasteiger partial charge on any atom is -0.292 e. The predicted molar refractivity (Wildman–Crippen MR) is 97.0 cm³/mol. The second kappa shape index (κ2) is 8.37. The fourth-order valence-electron chi connectivity index (χ4n) is 3.44. The molecule has 1 fully saturated rings. The number of hydrazone groups is 1. The van der Waals surface area contributed by atoms with Gasteiger partial charge in [-0.2, -0.15) is 5.10 Å². The first-order valence-corrected chi connectivity index (χ1v) is 8.91. The molecule has 0 heterocycles. The van der Waals surface area contributed by atoms with Gasteiger partial charge in [0.2, 0.25) is 6.41 Å². The summed E-state index contributed by atoms with van der Waals surface area (Å²) >= 11 is 0. The van der Waals surface area contributed by atoms with E-state index < -0.39 is 5.82 Å². The summed E-state index contributed by atoms with van der Waals surface area (Å²) in [4.78, 5) is 23.6. The Bertz CT molecular complexity index is 649. The maximum Gasteiger partial charge on any atom is 0.230 e. The number of hydrogen-bond acceptors (Lipinski definition) is 3. The van der Waals surface area contributed by atoms with Crippen molar-refractivity contribution in [3.63, 3.8) is 0 Å². The monoisotopic (exact) mass is 346 g/mol. The van der Waals surface area contributed by atoms with Crippen LogP contribution >= 0.6 is 0 Å². The Labute approximate surface area is 149 Å². The lowest BCUT2D eigenvalue weighted by Crippen LogP contribution is -2.35. The molecule has 0 radical (unpaired) electrons. The lowest BCUT2D eigenvalue weighted by atomic mass is 9.69. The highest BCUT2D eigenvalue weighted by Crippen LogP contribution is 2.39. The topological polar surface area (TPSA) is 49.7 Å². The van der Waals surface area contributed by atoms with E-state index in [0.29, 0.717) is 12.3 Å². The van der Waals surface area contributed by atoms with Gasteiger partial charge in [0.15, 0.2) is 5.78 Å². The van der Waals surface area contributed by atoms with Gasteiger partial charge in [0.25, 0.3) is 0 Å². The molecule has 1 amide bonds. The molecule has 2 rings (SSSR count). The number of rotatable bonds is 7. The molecule has 4 nitrogen and oxygen atoms in total. The van der Waals surface area contributed by atoms with Crippen molar-refractivity contribution >= 4 is 17.9 Å². The number of ketones is 1. The molecule has 5 heteroatoms. The van der Waals surface area contributed by atoms with Gasteiger partial charge in [-0.15, -0.1) is 0 Å². The van der Waals surface area contributed by atoms with E-state index >= 15 is 0 Å². The molecule has 1 saturated carbocycles. The molecule has 0 bridgehead atoms. The van der Waals surface area contributed by atoms with Crippen LogP contribution in [-0.4, -0.2) is 29.5 Å². The van der Waals surface area contributed by atoms with E-state index in [0.717, 1.165) is 10.7 Å². The summed E-state index contributed by atoms with van der Waals surface area (Å²) in [5, 5.41) is 5.52. The van der Waals surface area contributed by atoms with Crippen molar-refractivity contribution < 1.29 is 14.0 Å². The van der Waals surface area contributed by atoms with E-state index in [-0.39, 0.29) is 23.3 Å². The van der Waals surface area contributed by atoms with Crippen molar-refractivity contribution in [2.75, 3.05) is 6.54 Å². The molecule has 1 aromatic rings. The van der Waals surface area contributed by atoms with Crippen molar-refractivity contribution in [3.8, 4) is 0 Å². The Hall–Kier alpha value is -2.04. The number of benzene rings is 1. The van der Waals surface area contributed by atoms with Crippen LogP contribution in [-0.2, 0) is 4.79 Å². The molecule has 1 aromatic carbocycles. The largest absolute Gasteiger partial charge is 0.292 e. The molecule has 0 atom stereocenters. The number of amides is 1. The van der Waals surface area contributed by atoms with E-state index in [1.54, 1.807) is 0 Å². The molecular formula is C20H27FN2O2. The highest BCUT2D eigenvalue weighted by molar-refractivity contribution is 5.98. The van der Waals surface area contributed by atoms with E-state index in [4.69, 9.17) is 0 Å². The zero-order chi connectivity index (χ0) is 18.4. The Balaban J connectivity index is 2.09. The van der Waals surface area contributed by atoms with Gasteiger partial charge >= 0.3 is 0 Å². The van der Waals surface area contributed by atoms with E-state index in [1.807, 2.05) is 6.92 Å². The number of halogens is 1. The van der Waals surface area contributed by atoms with Crippen molar-refractivity contribution in [3.05, 3.63) is 35.6 Å². The van der Waals surface area contributed by atoms with Crippen molar-refractivity contribution in [1.29, 1.82) is 0 Å². The first-order valence-electron chi connectivity index (χ1n) is 8.91. The van der Waals surface area contributed by atoms with Crippen LogP contribution in [0.1, 0.15) is 63.2 Å². The van der Waals surface area contributed by atoms with Gasteiger partial charge in [-0.3, -0.25) is 9.59 Å². The lowest BCUT2D eigenvalue weighted by molar-refractivity contribution is -0.117. The fraction of sp³-hybridized carbons (Fsp3) is 0.550. The number of carbonyl (C=O) groups is 2. The Morgan fingerprint density at radius 1 is 1.32 bits per heavy atom. The Morgan fingerprint density at radius 2 is 2.00 bits per heavy atom. The summed E-state index contributed by atoms with van der Waals surface area (Å²) in [6.07, 6.45) is 6.64. The minimum atomic E-state index is -0.471. The van der Waals surface area contributed by atoms with Gasteiger partial charge < -0.3 is 0 Å². The molecular weight excluding hydrogens is 319 g/mol. The van der Waals surface area contributed by atoms with Crippen molar-refractivity contribution in [2.45, 2.75) is 52.9 Å². The summed E-state index contributed by atoms with van der Waals surface area (Å²) in [6.45, 7) is 6.03. The molecule has 0 aromatic heterocycles. The normalized spacial score (nSPS) is 16.6. The van der Waals surface area contributed by atoms with E-state index in [2.05, 4.69) is 18.9 Å². The molecule has 1 aliphatic carbocycles. The molecule has 0 N–H and O–H groups in total. The standard InChI is InChI=1S/C20H27FN2O2/c1-15(20(2,3)17-9-5-4-6-10-17)22-23(14-24)13-19(25)16-8-7-11-18(21)12-16/h7-8,11-12,14,17H,4-6,9-10,13H2,1-3H3/b22-15-. The number of nitrogens with zero attached hydrogens (tertiary/aromatic N) is 2. The molecule has 0 spiro atoms. The van der Waals surface area contributed by atoms with Crippen LogP contribution < -0.4 is 0 Å². The highest BCUT2D eigenvalue weighted by Gasteiger charge is 2.33. The quantitative estimate of drug-likeness (QED) is 0.317. The van der Waals surface area contributed by atoms with Crippen LogP contribution in [0.2, 0.25) is 0 Å². The predicted octanol–water partition coefficient (Wildman–Crippen LogP) is 4.45. The van der Waals surface area contributed by atoms with Crippen LogP contribution in [0, 0.1) is 17.2 Å². The lowest BCUT2D eigenvalue weighted by Gasteiger charge is -2.37.